The second kappa shape index (κ2) is 12.1. The lowest BCUT2D eigenvalue weighted by Gasteiger charge is -2.53. The summed E-state index contributed by atoms with van der Waals surface area (Å²) >= 11 is 0. The minimum atomic E-state index is -0.291. The molecule has 2 atom stereocenters. The Kier molecular flexibility index (Phi) is 8.41. The highest BCUT2D eigenvalue weighted by molar-refractivity contribution is 5.87. The first-order valence-electron chi connectivity index (χ1n) is 16.6. The molecule has 2 fully saturated rings. The first-order valence-corrected chi connectivity index (χ1v) is 16.6. The zero-order valence-corrected chi connectivity index (χ0v) is 26.2. The topological polar surface area (TPSA) is 52.6 Å². The van der Waals surface area contributed by atoms with E-state index >= 15 is 0 Å². The largest absolute Gasteiger partial charge is 0.454 e. The van der Waals surface area contributed by atoms with Gasteiger partial charge in [-0.15, -0.1) is 0 Å². The number of aryl methyl sites for hydroxylation is 2. The van der Waals surface area contributed by atoms with Crippen molar-refractivity contribution in [3.05, 3.63) is 94.6 Å². The Balaban J connectivity index is 1.31. The van der Waals surface area contributed by atoms with E-state index in [-0.39, 0.29) is 35.0 Å². The van der Waals surface area contributed by atoms with E-state index in [0.29, 0.717) is 17.1 Å². The van der Waals surface area contributed by atoms with Gasteiger partial charge < -0.3 is 9.47 Å². The monoisotopic (exact) mass is 580 g/mol. The summed E-state index contributed by atoms with van der Waals surface area (Å²) in [5, 5.41) is 0. The first kappa shape index (κ1) is 29.9. The van der Waals surface area contributed by atoms with Crippen LogP contribution in [0.4, 0.5) is 0 Å². The van der Waals surface area contributed by atoms with Crippen LogP contribution in [-0.4, -0.2) is 11.9 Å². The van der Waals surface area contributed by atoms with Crippen LogP contribution < -0.4 is 0 Å². The van der Waals surface area contributed by atoms with E-state index in [2.05, 4.69) is 55.6 Å². The van der Waals surface area contributed by atoms with Gasteiger partial charge in [-0.05, 0) is 112 Å². The number of hydrogen-bond acceptors (Lipinski definition) is 4. The molecule has 4 heteroatoms. The van der Waals surface area contributed by atoms with Gasteiger partial charge in [-0.25, -0.2) is 9.59 Å². The Morgan fingerprint density at radius 2 is 1.19 bits per heavy atom. The molecule has 43 heavy (non-hydrogen) atoms. The fraction of sp³-hybridized carbons (Fsp3) is 0.538. The van der Waals surface area contributed by atoms with Gasteiger partial charge in [-0.2, -0.15) is 0 Å². The summed E-state index contributed by atoms with van der Waals surface area (Å²) in [5.41, 5.74) is 7.30. The third-order valence-corrected chi connectivity index (χ3v) is 11.2. The molecule has 2 saturated carbocycles. The van der Waals surface area contributed by atoms with Crippen molar-refractivity contribution >= 4 is 11.9 Å². The number of carbonyl (C=O) groups is 2. The zero-order chi connectivity index (χ0) is 30.2. The Morgan fingerprint density at radius 3 is 1.81 bits per heavy atom. The van der Waals surface area contributed by atoms with Crippen molar-refractivity contribution in [1.82, 2.24) is 0 Å². The summed E-state index contributed by atoms with van der Waals surface area (Å²) in [6, 6.07) is 15.6. The molecule has 2 aromatic carbocycles. The lowest BCUT2D eigenvalue weighted by atomic mass is 9.53. The summed E-state index contributed by atoms with van der Waals surface area (Å²) in [7, 11) is 0. The predicted molar refractivity (Wildman–Crippen MR) is 171 cm³/mol. The van der Waals surface area contributed by atoms with Gasteiger partial charge >= 0.3 is 11.9 Å². The van der Waals surface area contributed by atoms with Crippen LogP contribution in [0.3, 0.4) is 0 Å². The van der Waals surface area contributed by atoms with Crippen LogP contribution in [0.15, 0.2) is 66.8 Å². The molecule has 0 N–H and O–H groups in total. The Morgan fingerprint density at radius 1 is 0.674 bits per heavy atom. The third-order valence-electron chi connectivity index (χ3n) is 11.2. The standard InChI is InChI=1S/C39H48O4/c1-26(2)36(40)42-34-33-18-17-29(23-30(33)15-8-9-19-38(34)20-11-12-21-38)31-24-39(25-31)22-10-7-14-28-13-5-6-16-32(28)35(39)43-37(41)27(3)4/h5-6,13,16-18,23,31,34-35H,1,3,7-12,14-15,19-22,24-25H2,2,4H3. The SMILES string of the molecule is C=C(C)C(=O)OC1c2ccc(C3CC4(CCCCc5ccccc5C4OC(=O)C(=C)C)C3)cc2CCCCC12CCCC2. The molecule has 2 spiro atoms. The number of benzene rings is 2. The Hall–Kier alpha value is -3.14. The number of carbonyl (C=O) groups excluding carboxylic acids is 2. The van der Waals surface area contributed by atoms with E-state index in [1.54, 1.807) is 13.8 Å². The van der Waals surface area contributed by atoms with Crippen LogP contribution in [0.25, 0.3) is 0 Å². The fourth-order valence-electron chi connectivity index (χ4n) is 8.84. The van der Waals surface area contributed by atoms with Crippen molar-refractivity contribution in [3.63, 3.8) is 0 Å². The number of hydrogen-bond donors (Lipinski definition) is 0. The van der Waals surface area contributed by atoms with Gasteiger partial charge in [0, 0.05) is 22.0 Å². The van der Waals surface area contributed by atoms with E-state index in [9.17, 15) is 9.59 Å². The van der Waals surface area contributed by atoms with Crippen molar-refractivity contribution in [2.24, 2.45) is 10.8 Å². The molecule has 0 saturated heterocycles. The minimum absolute atomic E-state index is 0.0367. The summed E-state index contributed by atoms with van der Waals surface area (Å²) in [6.45, 7) is 11.2. The van der Waals surface area contributed by atoms with Crippen LogP contribution in [0.1, 0.15) is 137 Å². The maximum Gasteiger partial charge on any atom is 0.333 e. The second-order valence-electron chi connectivity index (χ2n) is 14.2. The smallest absolute Gasteiger partial charge is 0.333 e. The van der Waals surface area contributed by atoms with Crippen molar-refractivity contribution < 1.29 is 19.1 Å². The number of ether oxygens (including phenoxy) is 2. The van der Waals surface area contributed by atoms with Crippen LogP contribution in [0.2, 0.25) is 0 Å². The van der Waals surface area contributed by atoms with Crippen LogP contribution in [0, 0.1) is 10.8 Å². The van der Waals surface area contributed by atoms with E-state index in [1.165, 1.54) is 53.5 Å². The van der Waals surface area contributed by atoms with Crippen LogP contribution >= 0.6 is 0 Å². The number of fused-ring (bicyclic) bond motifs is 2. The van der Waals surface area contributed by atoms with Gasteiger partial charge in [0.05, 0.1) is 0 Å². The highest BCUT2D eigenvalue weighted by Gasteiger charge is 2.53. The van der Waals surface area contributed by atoms with Gasteiger partial charge in [0.25, 0.3) is 0 Å². The quantitative estimate of drug-likeness (QED) is 0.261. The molecule has 6 rings (SSSR count). The molecule has 228 valence electrons. The van der Waals surface area contributed by atoms with Crippen LogP contribution in [0.5, 0.6) is 0 Å². The molecular weight excluding hydrogens is 532 g/mol. The van der Waals surface area contributed by atoms with Crippen molar-refractivity contribution in [3.8, 4) is 0 Å². The van der Waals surface area contributed by atoms with Crippen LogP contribution in [-0.2, 0) is 31.9 Å². The molecule has 0 heterocycles. The molecule has 2 unspecified atom stereocenters. The van der Waals surface area contributed by atoms with Gasteiger partial charge in [0.1, 0.15) is 12.2 Å². The Labute approximate surface area is 257 Å². The maximum atomic E-state index is 12.9. The third kappa shape index (κ3) is 5.75. The minimum Gasteiger partial charge on any atom is -0.454 e. The lowest BCUT2D eigenvalue weighted by molar-refractivity contribution is -0.161. The summed E-state index contributed by atoms with van der Waals surface area (Å²) < 4.78 is 12.6. The molecule has 4 aliphatic carbocycles. The first-order chi connectivity index (χ1) is 20.7. The Bertz CT molecular complexity index is 1400. The van der Waals surface area contributed by atoms with Gasteiger partial charge in [0.2, 0.25) is 0 Å². The highest BCUT2D eigenvalue weighted by atomic mass is 16.5. The molecule has 0 amide bonds. The summed E-state index contributed by atoms with van der Waals surface area (Å²) in [6.07, 6.45) is 15.1. The van der Waals surface area contributed by atoms with Gasteiger partial charge in [0.15, 0.2) is 0 Å². The number of esters is 2. The predicted octanol–water partition coefficient (Wildman–Crippen LogP) is 9.58. The van der Waals surface area contributed by atoms with E-state index in [1.807, 2.05) is 0 Å². The summed E-state index contributed by atoms with van der Waals surface area (Å²) in [4.78, 5) is 25.8. The van der Waals surface area contributed by atoms with Gasteiger partial charge in [-0.3, -0.25) is 0 Å². The molecule has 4 nitrogen and oxygen atoms in total. The molecule has 0 aliphatic heterocycles. The fourth-order valence-corrected chi connectivity index (χ4v) is 8.84. The average Bonchev–Trinajstić information content (AvgIpc) is 3.44. The number of rotatable bonds is 5. The highest BCUT2D eigenvalue weighted by Crippen LogP contribution is 2.63. The van der Waals surface area contributed by atoms with Crippen molar-refractivity contribution in [2.45, 2.75) is 122 Å². The molecule has 0 aromatic heterocycles. The van der Waals surface area contributed by atoms with Crippen molar-refractivity contribution in [2.75, 3.05) is 0 Å². The van der Waals surface area contributed by atoms with Gasteiger partial charge in [-0.1, -0.05) is 81.3 Å². The molecule has 4 aliphatic rings. The lowest BCUT2D eigenvalue weighted by Crippen LogP contribution is -2.44. The van der Waals surface area contributed by atoms with E-state index < -0.39 is 0 Å². The molecular formula is C39H48O4. The van der Waals surface area contributed by atoms with E-state index in [4.69, 9.17) is 9.47 Å². The summed E-state index contributed by atoms with van der Waals surface area (Å²) in [5.74, 6) is -0.140. The average molecular weight is 581 g/mol. The second-order valence-corrected chi connectivity index (χ2v) is 14.2. The molecule has 0 bridgehead atoms. The van der Waals surface area contributed by atoms with Crippen molar-refractivity contribution in [1.29, 1.82) is 0 Å². The molecule has 0 radical (unpaired) electrons. The van der Waals surface area contributed by atoms with E-state index in [0.717, 1.165) is 64.2 Å². The maximum absolute atomic E-state index is 12.9. The zero-order valence-electron chi connectivity index (χ0n) is 26.2. The normalized spacial score (nSPS) is 27.8. The molecule has 2 aromatic rings.